The van der Waals surface area contributed by atoms with E-state index in [2.05, 4.69) is 0 Å². The van der Waals surface area contributed by atoms with E-state index in [0.29, 0.717) is 19.5 Å². The van der Waals surface area contributed by atoms with Crippen LogP contribution in [0.15, 0.2) is 107 Å². The van der Waals surface area contributed by atoms with Crippen LogP contribution in [0.5, 0.6) is 0 Å². The quantitative estimate of drug-likeness (QED) is 0.354. The number of carboxylic acids is 1. The van der Waals surface area contributed by atoms with E-state index in [1.807, 2.05) is 88.5 Å². The van der Waals surface area contributed by atoms with Gasteiger partial charge in [-0.1, -0.05) is 95.2 Å². The summed E-state index contributed by atoms with van der Waals surface area (Å²) in [6, 6.07) is 0. The Balaban J connectivity index is 2.51. The Labute approximate surface area is 197 Å². The second-order valence-corrected chi connectivity index (χ2v) is 7.98. The molecule has 0 bridgehead atoms. The van der Waals surface area contributed by atoms with Gasteiger partial charge < -0.3 is 15.1 Å². The van der Waals surface area contributed by atoms with Crippen molar-refractivity contribution in [1.82, 2.24) is 4.90 Å². The normalized spacial score (nSPS) is 19.4. The number of likely N-dealkylation sites (tertiary alicyclic amines) is 1. The van der Waals surface area contributed by atoms with Crippen LogP contribution >= 0.6 is 0 Å². The van der Waals surface area contributed by atoms with Crippen molar-refractivity contribution < 1.29 is 19.8 Å². The van der Waals surface area contributed by atoms with Crippen molar-refractivity contribution in [3.8, 4) is 0 Å². The van der Waals surface area contributed by atoms with Crippen molar-refractivity contribution >= 4 is 11.9 Å². The van der Waals surface area contributed by atoms with Crippen molar-refractivity contribution in [3.63, 3.8) is 0 Å². The molecule has 0 unspecified atom stereocenters. The lowest BCUT2D eigenvalue weighted by atomic mass is 10.2. The van der Waals surface area contributed by atoms with Gasteiger partial charge in [0.05, 0.1) is 6.10 Å². The number of β-amino-alcohol motifs (C(OH)–C–C–N with tert-alkyl or cyclic N) is 1. The molecule has 2 N–H and O–H groups in total. The van der Waals surface area contributed by atoms with Crippen molar-refractivity contribution in [1.29, 1.82) is 0 Å². The number of carbonyl (C=O) groups excluding carboxylic acids is 1. The summed E-state index contributed by atoms with van der Waals surface area (Å²) in [5, 5.41) is 18.1. The molecule has 0 saturated carbocycles. The Morgan fingerprint density at radius 1 is 0.697 bits per heavy atom. The van der Waals surface area contributed by atoms with Crippen molar-refractivity contribution in [2.75, 3.05) is 13.1 Å². The predicted octanol–water partition coefficient (Wildman–Crippen LogP) is 5.23. The zero-order chi connectivity index (χ0) is 24.6. The predicted molar refractivity (Wildman–Crippen MR) is 136 cm³/mol. The number of aliphatic hydroxyl groups is 1. The minimum atomic E-state index is -0.958. The van der Waals surface area contributed by atoms with Crippen LogP contribution in [0.3, 0.4) is 0 Å². The fraction of sp³-hybridized carbons (Fsp3) is 0.286. The van der Waals surface area contributed by atoms with Crippen LogP contribution in [0.25, 0.3) is 0 Å². The first-order valence-corrected chi connectivity index (χ1v) is 10.9. The minimum absolute atomic E-state index is 0.0659. The van der Waals surface area contributed by atoms with E-state index in [1.54, 1.807) is 23.1 Å². The van der Waals surface area contributed by atoms with Gasteiger partial charge in [0.2, 0.25) is 5.91 Å². The number of aliphatic carboxylic acids is 1. The summed E-state index contributed by atoms with van der Waals surface area (Å²) in [6.07, 6.45) is 25.8. The average molecular weight is 450 g/mol. The van der Waals surface area contributed by atoms with E-state index < -0.39 is 12.1 Å². The molecule has 0 aromatic carbocycles. The summed E-state index contributed by atoms with van der Waals surface area (Å²) in [6.45, 7) is 8.81. The van der Waals surface area contributed by atoms with Gasteiger partial charge in [-0.15, -0.1) is 0 Å². The molecule has 0 radical (unpaired) electrons. The number of allylic oxidation sites excluding steroid dienone is 16. The van der Waals surface area contributed by atoms with Gasteiger partial charge in [-0.25, -0.2) is 4.79 Å². The Hall–Kier alpha value is -3.44. The van der Waals surface area contributed by atoms with E-state index in [9.17, 15) is 14.7 Å². The van der Waals surface area contributed by atoms with Crippen molar-refractivity contribution in [3.05, 3.63) is 107 Å². The molecule has 0 aliphatic carbocycles. The van der Waals surface area contributed by atoms with Gasteiger partial charge in [0.1, 0.15) is 0 Å². The highest BCUT2D eigenvalue weighted by molar-refractivity contribution is 5.88. The molecule has 0 spiro atoms. The fourth-order valence-corrected chi connectivity index (χ4v) is 2.79. The molecule has 1 atom stereocenters. The highest BCUT2D eigenvalue weighted by atomic mass is 16.4. The van der Waals surface area contributed by atoms with E-state index in [0.717, 1.165) is 28.4 Å². The van der Waals surface area contributed by atoms with Gasteiger partial charge in [-0.3, -0.25) is 4.79 Å². The van der Waals surface area contributed by atoms with Crippen LogP contribution in [-0.4, -0.2) is 46.2 Å². The molecule has 1 heterocycles. The molecule has 0 aromatic rings. The first kappa shape index (κ1) is 27.6. The number of hydrogen-bond acceptors (Lipinski definition) is 3. The molecule has 1 rings (SSSR count). The fourth-order valence-electron chi connectivity index (χ4n) is 2.79. The molecule has 176 valence electrons. The maximum absolute atomic E-state index is 12.0. The molecule has 5 heteroatoms. The summed E-state index contributed by atoms with van der Waals surface area (Å²) < 4.78 is 0. The van der Waals surface area contributed by atoms with Crippen LogP contribution in [0.2, 0.25) is 0 Å². The summed E-state index contributed by atoms with van der Waals surface area (Å²) in [5.41, 5.74) is 3.99. The number of hydrogen-bond donors (Lipinski definition) is 2. The van der Waals surface area contributed by atoms with Crippen molar-refractivity contribution in [2.45, 2.75) is 40.2 Å². The summed E-state index contributed by atoms with van der Waals surface area (Å²) in [4.78, 5) is 24.2. The van der Waals surface area contributed by atoms with E-state index in [4.69, 9.17) is 5.11 Å². The zero-order valence-electron chi connectivity index (χ0n) is 19.9. The molecule has 33 heavy (non-hydrogen) atoms. The number of carboxylic acid groups (broad SMARTS) is 1. The van der Waals surface area contributed by atoms with Crippen LogP contribution in [0.1, 0.15) is 34.1 Å². The van der Waals surface area contributed by atoms with Crippen molar-refractivity contribution in [2.24, 2.45) is 0 Å². The number of rotatable bonds is 10. The lowest BCUT2D eigenvalue weighted by Crippen LogP contribution is -2.27. The molecule has 1 aliphatic rings. The average Bonchev–Trinajstić information content (AvgIpc) is 3.20. The molecular weight excluding hydrogens is 414 g/mol. The SMILES string of the molecule is CC(=C/C=C/C(C)=C/C=C/C=C(C)/C=C/C=C(C)/C=C/C(=O)N1CC[C@@H](O)C1)/C=C/C(=O)O. The molecule has 0 aromatic heterocycles. The molecular formula is C28H35NO4. The number of carbonyl (C=O) groups is 2. The Morgan fingerprint density at radius 3 is 1.61 bits per heavy atom. The van der Waals surface area contributed by atoms with Gasteiger partial charge in [0.25, 0.3) is 0 Å². The van der Waals surface area contributed by atoms with Crippen LogP contribution in [0.4, 0.5) is 0 Å². The lowest BCUT2D eigenvalue weighted by Gasteiger charge is -2.12. The third-order valence-corrected chi connectivity index (χ3v) is 4.72. The van der Waals surface area contributed by atoms with Gasteiger partial charge in [0, 0.05) is 25.2 Å². The van der Waals surface area contributed by atoms with Crippen LogP contribution in [-0.2, 0) is 9.59 Å². The second-order valence-electron chi connectivity index (χ2n) is 7.98. The van der Waals surface area contributed by atoms with Gasteiger partial charge in [0.15, 0.2) is 0 Å². The molecule has 1 aliphatic heterocycles. The molecule has 5 nitrogen and oxygen atoms in total. The van der Waals surface area contributed by atoms with E-state index >= 15 is 0 Å². The van der Waals surface area contributed by atoms with Crippen LogP contribution in [0, 0.1) is 0 Å². The molecule has 1 fully saturated rings. The largest absolute Gasteiger partial charge is 0.478 e. The first-order valence-electron chi connectivity index (χ1n) is 10.9. The monoisotopic (exact) mass is 449 g/mol. The van der Waals surface area contributed by atoms with Crippen LogP contribution < -0.4 is 0 Å². The minimum Gasteiger partial charge on any atom is -0.478 e. The van der Waals surface area contributed by atoms with Gasteiger partial charge in [-0.05, 0) is 34.1 Å². The van der Waals surface area contributed by atoms with Gasteiger partial charge >= 0.3 is 5.97 Å². The first-order chi connectivity index (χ1) is 15.7. The zero-order valence-corrected chi connectivity index (χ0v) is 19.9. The second kappa shape index (κ2) is 15.4. The third kappa shape index (κ3) is 13.6. The van der Waals surface area contributed by atoms with E-state index in [1.165, 1.54) is 0 Å². The molecule has 1 amide bonds. The standard InChI is InChI=1S/C28H35NO4/c1-22(9-5-6-10-23(2)12-8-14-25(4)16-18-28(32)33)11-7-13-24(3)15-17-27(31)29-20-19-26(30)21-29/h5-18,26,30H,19-21H2,1-4H3,(H,32,33)/b6-5+,11-7+,12-8+,17-15+,18-16+,22-9+,23-10+,24-13+,25-14-/t26-/m1/s1. The highest BCUT2D eigenvalue weighted by Crippen LogP contribution is 2.09. The van der Waals surface area contributed by atoms with E-state index in [-0.39, 0.29) is 5.91 Å². The summed E-state index contributed by atoms with van der Waals surface area (Å²) in [5.74, 6) is -1.02. The van der Waals surface area contributed by atoms with Gasteiger partial charge in [-0.2, -0.15) is 0 Å². The maximum Gasteiger partial charge on any atom is 0.328 e. The summed E-state index contributed by atoms with van der Waals surface area (Å²) >= 11 is 0. The highest BCUT2D eigenvalue weighted by Gasteiger charge is 2.22. The number of aliphatic hydroxyl groups excluding tert-OH is 1. The maximum atomic E-state index is 12.0. The number of amides is 1. The Kier molecular flexibility index (Phi) is 12.9. The lowest BCUT2D eigenvalue weighted by molar-refractivity contribution is -0.131. The topological polar surface area (TPSA) is 77.8 Å². The third-order valence-electron chi connectivity index (χ3n) is 4.72. The smallest absolute Gasteiger partial charge is 0.328 e. The molecule has 1 saturated heterocycles. The Morgan fingerprint density at radius 2 is 1.15 bits per heavy atom. The summed E-state index contributed by atoms with van der Waals surface area (Å²) in [7, 11) is 0. The number of nitrogens with zero attached hydrogens (tertiary/aromatic N) is 1. The Bertz CT molecular complexity index is 952.